The topological polar surface area (TPSA) is 54.9 Å². The molecule has 0 bridgehead atoms. The van der Waals surface area contributed by atoms with E-state index in [0.717, 1.165) is 22.1 Å². The van der Waals surface area contributed by atoms with Crippen molar-refractivity contribution in [2.45, 2.75) is 6.92 Å². The van der Waals surface area contributed by atoms with Gasteiger partial charge in [0, 0.05) is 34.6 Å². The summed E-state index contributed by atoms with van der Waals surface area (Å²) in [6.07, 6.45) is 3.50. The van der Waals surface area contributed by atoms with Gasteiger partial charge in [-0.05, 0) is 31.2 Å². The molecule has 3 rings (SSSR count). The van der Waals surface area contributed by atoms with Crippen molar-refractivity contribution in [2.24, 2.45) is 0 Å². The predicted octanol–water partition coefficient (Wildman–Crippen LogP) is 4.15. The van der Waals surface area contributed by atoms with Crippen LogP contribution in [0.1, 0.15) is 17.3 Å². The highest BCUT2D eigenvalue weighted by Crippen LogP contribution is 2.27. The fourth-order valence-corrected chi connectivity index (χ4v) is 2.67. The predicted molar refractivity (Wildman–Crippen MR) is 85.1 cm³/mol. The summed E-state index contributed by atoms with van der Waals surface area (Å²) in [6.45, 7) is 1.56. The van der Waals surface area contributed by atoms with E-state index in [1.54, 1.807) is 25.4 Å². The van der Waals surface area contributed by atoms with Gasteiger partial charge in [-0.1, -0.05) is 12.1 Å². The zero-order valence-corrected chi connectivity index (χ0v) is 12.2. The molecule has 1 N–H and O–H groups in total. The Labute approximate surface area is 126 Å². The number of pyridine rings is 1. The third-order valence-corrected chi connectivity index (χ3v) is 3.76. The summed E-state index contributed by atoms with van der Waals surface area (Å²) in [5.74, 6) is 0.0512. The van der Waals surface area contributed by atoms with E-state index in [9.17, 15) is 4.79 Å². The van der Waals surface area contributed by atoms with Gasteiger partial charge < -0.3 is 5.32 Å². The van der Waals surface area contributed by atoms with Gasteiger partial charge in [0.2, 0.25) is 0 Å². The first-order valence-electron chi connectivity index (χ1n) is 6.46. The Kier molecular flexibility index (Phi) is 3.75. The van der Waals surface area contributed by atoms with Gasteiger partial charge in [0.1, 0.15) is 0 Å². The Morgan fingerprint density at radius 2 is 2.00 bits per heavy atom. The van der Waals surface area contributed by atoms with E-state index < -0.39 is 0 Å². The molecule has 1 aromatic carbocycles. The minimum Gasteiger partial charge on any atom is -0.332 e. The Morgan fingerprint density at radius 1 is 1.19 bits per heavy atom. The number of anilines is 2. The Balaban J connectivity index is 1.82. The summed E-state index contributed by atoms with van der Waals surface area (Å²) in [4.78, 5) is 19.9. The van der Waals surface area contributed by atoms with Crippen LogP contribution in [-0.2, 0) is 0 Å². The van der Waals surface area contributed by atoms with Crippen LogP contribution in [0.4, 0.5) is 10.8 Å². The minimum atomic E-state index is 0.0512. The van der Waals surface area contributed by atoms with Gasteiger partial charge in [0.05, 0.1) is 5.69 Å². The normalized spacial score (nSPS) is 10.3. The van der Waals surface area contributed by atoms with E-state index in [0.29, 0.717) is 5.56 Å². The number of carbonyl (C=O) groups excluding carboxylic acids is 1. The first-order valence-corrected chi connectivity index (χ1v) is 7.34. The molecule has 0 unspecified atom stereocenters. The Morgan fingerprint density at radius 3 is 2.76 bits per heavy atom. The second kappa shape index (κ2) is 5.85. The number of nitrogens with zero attached hydrogens (tertiary/aromatic N) is 2. The molecule has 5 heteroatoms. The number of hydrogen-bond acceptors (Lipinski definition) is 5. The van der Waals surface area contributed by atoms with Crippen LogP contribution >= 0.6 is 11.3 Å². The van der Waals surface area contributed by atoms with E-state index in [4.69, 9.17) is 0 Å². The van der Waals surface area contributed by atoms with Crippen LogP contribution in [0.2, 0.25) is 0 Å². The SMILES string of the molecule is CC(=O)c1cccc(Nc2nc(-c3ccncc3)cs2)c1. The van der Waals surface area contributed by atoms with E-state index >= 15 is 0 Å². The summed E-state index contributed by atoms with van der Waals surface area (Å²) in [5, 5.41) is 6.02. The third kappa shape index (κ3) is 3.14. The maximum absolute atomic E-state index is 11.4. The van der Waals surface area contributed by atoms with Crippen molar-refractivity contribution in [2.75, 3.05) is 5.32 Å². The molecule has 3 aromatic rings. The van der Waals surface area contributed by atoms with Crippen molar-refractivity contribution in [1.29, 1.82) is 0 Å². The molecule has 4 nitrogen and oxygen atoms in total. The highest BCUT2D eigenvalue weighted by atomic mass is 32.1. The lowest BCUT2D eigenvalue weighted by molar-refractivity contribution is 0.101. The number of aromatic nitrogens is 2. The van der Waals surface area contributed by atoms with E-state index in [1.165, 1.54) is 11.3 Å². The summed E-state index contributed by atoms with van der Waals surface area (Å²) in [7, 11) is 0. The first-order chi connectivity index (χ1) is 10.2. The fraction of sp³-hybridized carbons (Fsp3) is 0.0625. The standard InChI is InChI=1S/C16H13N3OS/c1-11(20)13-3-2-4-14(9-13)18-16-19-15(10-21-16)12-5-7-17-8-6-12/h2-10H,1H3,(H,18,19). The molecule has 21 heavy (non-hydrogen) atoms. The monoisotopic (exact) mass is 295 g/mol. The number of carbonyl (C=O) groups is 1. The molecule has 0 aliphatic heterocycles. The smallest absolute Gasteiger partial charge is 0.187 e. The van der Waals surface area contributed by atoms with Crippen molar-refractivity contribution in [3.05, 3.63) is 59.7 Å². The molecular formula is C16H13N3OS. The first kappa shape index (κ1) is 13.5. The number of nitrogens with one attached hydrogen (secondary N) is 1. The highest BCUT2D eigenvalue weighted by molar-refractivity contribution is 7.14. The summed E-state index contributed by atoms with van der Waals surface area (Å²) >= 11 is 1.53. The third-order valence-electron chi connectivity index (χ3n) is 3.00. The number of benzene rings is 1. The van der Waals surface area contributed by atoms with Crippen LogP contribution in [-0.4, -0.2) is 15.8 Å². The molecule has 0 aliphatic carbocycles. The van der Waals surface area contributed by atoms with Crippen molar-refractivity contribution in [3.8, 4) is 11.3 Å². The van der Waals surface area contributed by atoms with Crippen LogP contribution in [0.25, 0.3) is 11.3 Å². The molecule has 0 spiro atoms. The number of hydrogen-bond donors (Lipinski definition) is 1. The maximum Gasteiger partial charge on any atom is 0.187 e. The van der Waals surface area contributed by atoms with Crippen LogP contribution < -0.4 is 5.32 Å². The Hall–Kier alpha value is -2.53. The molecule has 0 fully saturated rings. The largest absolute Gasteiger partial charge is 0.332 e. The van der Waals surface area contributed by atoms with Gasteiger partial charge >= 0.3 is 0 Å². The van der Waals surface area contributed by atoms with Gasteiger partial charge in [-0.15, -0.1) is 11.3 Å². The molecule has 0 saturated carbocycles. The van der Waals surface area contributed by atoms with Crippen LogP contribution in [0.3, 0.4) is 0 Å². The van der Waals surface area contributed by atoms with Crippen molar-refractivity contribution in [3.63, 3.8) is 0 Å². The summed E-state index contributed by atoms with van der Waals surface area (Å²) in [6, 6.07) is 11.3. The summed E-state index contributed by atoms with van der Waals surface area (Å²) < 4.78 is 0. The van der Waals surface area contributed by atoms with Gasteiger partial charge in [-0.2, -0.15) is 0 Å². The average Bonchev–Trinajstić information content (AvgIpc) is 2.97. The highest BCUT2D eigenvalue weighted by Gasteiger charge is 2.06. The lowest BCUT2D eigenvalue weighted by Gasteiger charge is -2.03. The lowest BCUT2D eigenvalue weighted by atomic mass is 10.1. The van der Waals surface area contributed by atoms with Crippen LogP contribution in [0.15, 0.2) is 54.2 Å². The van der Waals surface area contributed by atoms with Crippen molar-refractivity contribution >= 4 is 27.9 Å². The summed E-state index contributed by atoms with van der Waals surface area (Å²) in [5.41, 5.74) is 3.49. The fourth-order valence-electron chi connectivity index (χ4n) is 1.93. The molecule has 104 valence electrons. The quantitative estimate of drug-likeness (QED) is 0.735. The van der Waals surface area contributed by atoms with Gasteiger partial charge in [-0.3, -0.25) is 9.78 Å². The van der Waals surface area contributed by atoms with Gasteiger partial charge in [0.15, 0.2) is 10.9 Å². The molecule has 0 aliphatic rings. The second-order valence-corrected chi connectivity index (χ2v) is 5.39. The second-order valence-electron chi connectivity index (χ2n) is 4.54. The molecule has 0 saturated heterocycles. The van der Waals surface area contributed by atoms with Crippen molar-refractivity contribution < 1.29 is 4.79 Å². The van der Waals surface area contributed by atoms with Gasteiger partial charge in [-0.25, -0.2) is 4.98 Å². The average molecular weight is 295 g/mol. The number of Topliss-reactive ketones (excluding diaryl/α,β-unsaturated/α-hetero) is 1. The molecular weight excluding hydrogens is 282 g/mol. The molecule has 0 amide bonds. The van der Waals surface area contributed by atoms with Crippen LogP contribution in [0.5, 0.6) is 0 Å². The maximum atomic E-state index is 11.4. The number of ketones is 1. The van der Waals surface area contributed by atoms with Crippen LogP contribution in [0, 0.1) is 0 Å². The van der Waals surface area contributed by atoms with E-state index in [-0.39, 0.29) is 5.78 Å². The van der Waals surface area contributed by atoms with E-state index in [2.05, 4.69) is 15.3 Å². The zero-order chi connectivity index (χ0) is 14.7. The molecule has 0 atom stereocenters. The number of rotatable bonds is 4. The zero-order valence-electron chi connectivity index (χ0n) is 11.4. The minimum absolute atomic E-state index is 0.0512. The molecule has 2 heterocycles. The number of thiazole rings is 1. The molecule has 2 aromatic heterocycles. The van der Waals surface area contributed by atoms with Crippen molar-refractivity contribution in [1.82, 2.24) is 9.97 Å². The Bertz CT molecular complexity index is 768. The van der Waals surface area contributed by atoms with E-state index in [1.807, 2.05) is 35.7 Å². The lowest BCUT2D eigenvalue weighted by Crippen LogP contribution is -1.95. The van der Waals surface area contributed by atoms with Gasteiger partial charge in [0.25, 0.3) is 0 Å². The molecule has 0 radical (unpaired) electrons.